The number of methoxy groups -OCH3 is 1. The summed E-state index contributed by atoms with van der Waals surface area (Å²) in [6, 6.07) is 6.47. The number of hydrogen-bond acceptors (Lipinski definition) is 7. The number of amides is 1. The van der Waals surface area contributed by atoms with Crippen molar-refractivity contribution in [3.05, 3.63) is 41.3 Å². The number of benzene rings is 1. The number of nitrogens with zero attached hydrogens (tertiary/aromatic N) is 4. The molecule has 1 saturated carbocycles. The zero-order valence-corrected chi connectivity index (χ0v) is 18.8. The van der Waals surface area contributed by atoms with Crippen LogP contribution >= 0.6 is 0 Å². The van der Waals surface area contributed by atoms with Gasteiger partial charge in [0.2, 0.25) is 10.0 Å². The van der Waals surface area contributed by atoms with Crippen LogP contribution in [-0.2, 0) is 10.0 Å². The molecule has 1 saturated heterocycles. The van der Waals surface area contributed by atoms with E-state index in [1.54, 1.807) is 11.0 Å². The molecule has 1 aliphatic heterocycles. The fraction of sp³-hybridized carbons (Fsp3) is 0.476. The molecule has 0 bridgehead atoms. The van der Waals surface area contributed by atoms with E-state index in [0.717, 1.165) is 30.2 Å². The van der Waals surface area contributed by atoms with Gasteiger partial charge in [-0.2, -0.15) is 0 Å². The van der Waals surface area contributed by atoms with Crippen LogP contribution in [0.2, 0.25) is 0 Å². The van der Waals surface area contributed by atoms with E-state index in [1.807, 2.05) is 19.9 Å². The first-order valence-electron chi connectivity index (χ1n) is 10.3. The van der Waals surface area contributed by atoms with Crippen molar-refractivity contribution in [2.24, 2.45) is 0 Å². The predicted molar refractivity (Wildman–Crippen MR) is 116 cm³/mol. The molecule has 2 aromatic rings. The zero-order chi connectivity index (χ0) is 22.2. The first-order chi connectivity index (χ1) is 14.8. The summed E-state index contributed by atoms with van der Waals surface area (Å²) in [6.45, 7) is 6.14. The Morgan fingerprint density at radius 3 is 2.42 bits per heavy atom. The van der Waals surface area contributed by atoms with E-state index in [0.29, 0.717) is 31.7 Å². The third-order valence-electron chi connectivity index (χ3n) is 5.44. The summed E-state index contributed by atoms with van der Waals surface area (Å²) in [5.41, 5.74) is 1.24. The van der Waals surface area contributed by atoms with E-state index in [9.17, 15) is 13.2 Å². The lowest BCUT2D eigenvalue weighted by Gasteiger charge is -2.35. The third-order valence-corrected chi connectivity index (χ3v) is 6.98. The molecule has 0 atom stereocenters. The van der Waals surface area contributed by atoms with Gasteiger partial charge in [-0.3, -0.25) is 4.79 Å². The Labute approximate surface area is 182 Å². The van der Waals surface area contributed by atoms with Crippen molar-refractivity contribution in [1.29, 1.82) is 0 Å². The summed E-state index contributed by atoms with van der Waals surface area (Å²) < 4.78 is 33.3. The van der Waals surface area contributed by atoms with Crippen molar-refractivity contribution >= 4 is 21.7 Å². The molecule has 31 heavy (non-hydrogen) atoms. The van der Waals surface area contributed by atoms with Crippen LogP contribution in [0.15, 0.2) is 29.2 Å². The van der Waals surface area contributed by atoms with Gasteiger partial charge in [-0.25, -0.2) is 23.1 Å². The van der Waals surface area contributed by atoms with Crippen molar-refractivity contribution in [2.75, 3.05) is 38.2 Å². The quantitative estimate of drug-likeness (QED) is 0.718. The molecule has 0 radical (unpaired) electrons. The lowest BCUT2D eigenvalue weighted by molar-refractivity contribution is 0.0746. The maximum Gasteiger partial charge on any atom is 0.254 e. The fourth-order valence-corrected chi connectivity index (χ4v) is 5.18. The van der Waals surface area contributed by atoms with Crippen LogP contribution in [0.1, 0.15) is 34.7 Å². The lowest BCUT2D eigenvalue weighted by atomic mass is 10.1. The number of ether oxygens (including phenoxy) is 1. The summed E-state index contributed by atoms with van der Waals surface area (Å²) in [7, 11) is -2.33. The van der Waals surface area contributed by atoms with Gasteiger partial charge in [-0.1, -0.05) is 0 Å². The molecule has 1 aliphatic carbocycles. The van der Waals surface area contributed by atoms with Crippen molar-refractivity contribution in [2.45, 2.75) is 37.6 Å². The molecule has 166 valence electrons. The number of piperazine rings is 1. The van der Waals surface area contributed by atoms with Gasteiger partial charge in [-0.15, -0.1) is 0 Å². The highest BCUT2D eigenvalue weighted by Gasteiger charge is 2.31. The van der Waals surface area contributed by atoms with Crippen LogP contribution < -0.4 is 14.4 Å². The Balaban J connectivity index is 1.49. The Morgan fingerprint density at radius 1 is 1.10 bits per heavy atom. The standard InChI is InChI=1S/C21H27N5O4S/c1-14-12-20(23-15(2)22-14)25-8-10-26(11-9-25)21(27)16-4-7-18(30-3)19(13-16)31(28,29)24-17-5-6-17/h4,7,12-13,17,24H,5-6,8-11H2,1-3H3. The van der Waals surface area contributed by atoms with Gasteiger partial charge >= 0.3 is 0 Å². The average molecular weight is 446 g/mol. The molecular formula is C21H27N5O4S. The number of aryl methyl sites for hydroxylation is 2. The number of carbonyl (C=O) groups excluding carboxylic acids is 1. The Bertz CT molecular complexity index is 1070. The molecular weight excluding hydrogens is 418 g/mol. The highest BCUT2D eigenvalue weighted by molar-refractivity contribution is 7.89. The lowest BCUT2D eigenvalue weighted by Crippen LogP contribution is -2.49. The van der Waals surface area contributed by atoms with Crippen LogP contribution in [0.4, 0.5) is 5.82 Å². The van der Waals surface area contributed by atoms with Gasteiger partial charge in [0.15, 0.2) is 0 Å². The van der Waals surface area contributed by atoms with Crippen molar-refractivity contribution < 1.29 is 17.9 Å². The van der Waals surface area contributed by atoms with Crippen molar-refractivity contribution in [3.8, 4) is 5.75 Å². The zero-order valence-electron chi connectivity index (χ0n) is 18.0. The number of aromatic nitrogens is 2. The van der Waals surface area contributed by atoms with Crippen LogP contribution in [-0.4, -0.2) is 68.5 Å². The Morgan fingerprint density at radius 2 is 1.81 bits per heavy atom. The highest BCUT2D eigenvalue weighted by Crippen LogP contribution is 2.29. The third kappa shape index (κ3) is 4.80. The van der Waals surface area contributed by atoms with Crippen LogP contribution in [0, 0.1) is 13.8 Å². The number of rotatable bonds is 6. The van der Waals surface area contributed by atoms with E-state index < -0.39 is 10.0 Å². The van der Waals surface area contributed by atoms with E-state index >= 15 is 0 Å². The molecule has 1 aromatic heterocycles. The maximum absolute atomic E-state index is 13.1. The van der Waals surface area contributed by atoms with Gasteiger partial charge in [0.05, 0.1) is 7.11 Å². The molecule has 1 amide bonds. The minimum Gasteiger partial charge on any atom is -0.495 e. The average Bonchev–Trinajstić information content (AvgIpc) is 3.55. The fourth-order valence-electron chi connectivity index (χ4n) is 3.68. The number of hydrogen-bond donors (Lipinski definition) is 1. The van der Waals surface area contributed by atoms with Gasteiger partial charge < -0.3 is 14.5 Å². The van der Waals surface area contributed by atoms with Crippen molar-refractivity contribution in [3.63, 3.8) is 0 Å². The molecule has 2 heterocycles. The second-order valence-electron chi connectivity index (χ2n) is 7.96. The molecule has 4 rings (SSSR count). The number of sulfonamides is 1. The van der Waals surface area contributed by atoms with Gasteiger partial charge in [0.1, 0.15) is 22.3 Å². The maximum atomic E-state index is 13.1. The topological polar surface area (TPSA) is 105 Å². The van der Waals surface area contributed by atoms with Crippen LogP contribution in [0.3, 0.4) is 0 Å². The number of nitrogens with one attached hydrogen (secondary N) is 1. The molecule has 1 aromatic carbocycles. The largest absolute Gasteiger partial charge is 0.495 e. The second kappa shape index (κ2) is 8.43. The van der Waals surface area contributed by atoms with E-state index in [2.05, 4.69) is 19.6 Å². The van der Waals surface area contributed by atoms with Gasteiger partial charge in [0.25, 0.3) is 5.91 Å². The smallest absolute Gasteiger partial charge is 0.254 e. The second-order valence-corrected chi connectivity index (χ2v) is 9.64. The molecule has 0 unspecified atom stereocenters. The summed E-state index contributed by atoms with van der Waals surface area (Å²) in [5, 5.41) is 0. The Hall–Kier alpha value is -2.72. The normalized spacial score (nSPS) is 17.0. The first kappa shape index (κ1) is 21.5. The molecule has 0 spiro atoms. The molecule has 2 aliphatic rings. The SMILES string of the molecule is COc1ccc(C(=O)N2CCN(c3cc(C)nc(C)n3)CC2)cc1S(=O)(=O)NC1CC1. The number of carbonyl (C=O) groups is 1. The van der Waals surface area contributed by atoms with E-state index in [1.165, 1.54) is 19.2 Å². The highest BCUT2D eigenvalue weighted by atomic mass is 32.2. The van der Waals surface area contributed by atoms with Crippen LogP contribution in [0.25, 0.3) is 0 Å². The number of anilines is 1. The summed E-state index contributed by atoms with van der Waals surface area (Å²) >= 11 is 0. The van der Waals surface area contributed by atoms with E-state index in [4.69, 9.17) is 4.74 Å². The minimum atomic E-state index is -3.75. The molecule has 2 fully saturated rings. The van der Waals surface area contributed by atoms with E-state index in [-0.39, 0.29) is 22.6 Å². The summed E-state index contributed by atoms with van der Waals surface area (Å²) in [5.74, 6) is 1.62. The molecule has 1 N–H and O–H groups in total. The predicted octanol–water partition coefficient (Wildman–Crippen LogP) is 1.51. The minimum absolute atomic E-state index is 0.00155. The summed E-state index contributed by atoms with van der Waals surface area (Å²) in [4.78, 5) is 25.8. The van der Waals surface area contributed by atoms with Crippen molar-refractivity contribution in [1.82, 2.24) is 19.6 Å². The monoisotopic (exact) mass is 445 g/mol. The summed E-state index contributed by atoms with van der Waals surface area (Å²) in [6.07, 6.45) is 1.66. The van der Waals surface area contributed by atoms with Gasteiger partial charge in [0, 0.05) is 49.5 Å². The van der Waals surface area contributed by atoms with Gasteiger partial charge in [-0.05, 0) is 44.9 Å². The molecule has 10 heteroatoms. The molecule has 9 nitrogen and oxygen atoms in total. The first-order valence-corrected chi connectivity index (χ1v) is 11.8. The Kier molecular flexibility index (Phi) is 5.85. The van der Waals surface area contributed by atoms with Crippen LogP contribution in [0.5, 0.6) is 5.75 Å².